The molecule has 0 amide bonds. The quantitative estimate of drug-likeness (QED) is 0.719. The molecule has 0 atom stereocenters. The Labute approximate surface area is 105 Å². The second-order valence-corrected chi connectivity index (χ2v) is 3.76. The maximum Gasteiger partial charge on any atom is 0.119 e. The van der Waals surface area contributed by atoms with E-state index in [0.717, 1.165) is 11.4 Å². The maximum absolute atomic E-state index is 5.96. The van der Waals surface area contributed by atoms with Crippen molar-refractivity contribution in [2.75, 3.05) is 7.11 Å². The van der Waals surface area contributed by atoms with Gasteiger partial charge in [0.2, 0.25) is 0 Å². The summed E-state index contributed by atoms with van der Waals surface area (Å²) in [5.41, 5.74) is 1.41. The van der Waals surface area contributed by atoms with Crippen molar-refractivity contribution in [3.05, 3.63) is 53.6 Å². The Morgan fingerprint density at radius 3 is 2.29 bits per heavy atom. The van der Waals surface area contributed by atoms with E-state index in [0.29, 0.717) is 10.7 Å². The standard InChI is InChI=1S/C13H11ClN2O/c1-17-11-8-6-10(7-9-11)15-16-13-5-3-2-4-12(13)14/h2-9H,1H3. The summed E-state index contributed by atoms with van der Waals surface area (Å²) in [5.74, 6) is 0.793. The largest absolute Gasteiger partial charge is 0.497 e. The molecule has 2 aromatic rings. The van der Waals surface area contributed by atoms with Gasteiger partial charge in [0.05, 0.1) is 17.8 Å². The van der Waals surface area contributed by atoms with Crippen LogP contribution in [0.3, 0.4) is 0 Å². The molecule has 0 radical (unpaired) electrons. The number of azo groups is 1. The van der Waals surface area contributed by atoms with Crippen LogP contribution in [0, 0.1) is 0 Å². The van der Waals surface area contributed by atoms with Gasteiger partial charge in [0, 0.05) is 0 Å². The molecule has 0 fully saturated rings. The third-order valence-electron chi connectivity index (χ3n) is 2.20. The molecule has 0 heterocycles. The average molecular weight is 247 g/mol. The van der Waals surface area contributed by atoms with Crippen LogP contribution in [0.5, 0.6) is 5.75 Å². The van der Waals surface area contributed by atoms with Gasteiger partial charge in [-0.1, -0.05) is 23.7 Å². The molecule has 0 aliphatic heterocycles. The second kappa shape index (κ2) is 5.46. The van der Waals surface area contributed by atoms with Crippen LogP contribution in [0.1, 0.15) is 0 Å². The normalized spacial score (nSPS) is 10.7. The van der Waals surface area contributed by atoms with Crippen molar-refractivity contribution in [2.45, 2.75) is 0 Å². The van der Waals surface area contributed by atoms with Gasteiger partial charge in [-0.15, -0.1) is 5.11 Å². The van der Waals surface area contributed by atoms with Crippen molar-refractivity contribution >= 4 is 23.0 Å². The highest BCUT2D eigenvalue weighted by Crippen LogP contribution is 2.26. The van der Waals surface area contributed by atoms with Crippen LogP contribution in [-0.2, 0) is 0 Å². The van der Waals surface area contributed by atoms with Crippen molar-refractivity contribution in [2.24, 2.45) is 10.2 Å². The zero-order valence-electron chi connectivity index (χ0n) is 9.30. The third kappa shape index (κ3) is 3.04. The van der Waals surface area contributed by atoms with Gasteiger partial charge in [-0.05, 0) is 36.4 Å². The molecule has 2 rings (SSSR count). The molecule has 0 aliphatic rings. The van der Waals surface area contributed by atoms with E-state index in [2.05, 4.69) is 10.2 Å². The topological polar surface area (TPSA) is 34.0 Å². The molecule has 0 saturated heterocycles. The first-order chi connectivity index (χ1) is 8.29. The number of hydrogen-bond donors (Lipinski definition) is 0. The SMILES string of the molecule is COc1ccc(N=Nc2ccccc2Cl)cc1. The molecular weight excluding hydrogens is 236 g/mol. The van der Waals surface area contributed by atoms with E-state index in [4.69, 9.17) is 16.3 Å². The molecule has 2 aromatic carbocycles. The Kier molecular flexibility index (Phi) is 3.73. The van der Waals surface area contributed by atoms with E-state index in [1.807, 2.05) is 42.5 Å². The zero-order valence-corrected chi connectivity index (χ0v) is 10.1. The van der Waals surface area contributed by atoms with E-state index >= 15 is 0 Å². The lowest BCUT2D eigenvalue weighted by molar-refractivity contribution is 0.415. The number of ether oxygens (including phenoxy) is 1. The van der Waals surface area contributed by atoms with Crippen LogP contribution in [0.25, 0.3) is 0 Å². The van der Waals surface area contributed by atoms with Gasteiger partial charge in [0.1, 0.15) is 11.4 Å². The van der Waals surface area contributed by atoms with Gasteiger partial charge in [-0.2, -0.15) is 5.11 Å². The lowest BCUT2D eigenvalue weighted by Gasteiger charge is -1.98. The van der Waals surface area contributed by atoms with Crippen LogP contribution in [-0.4, -0.2) is 7.11 Å². The van der Waals surface area contributed by atoms with Gasteiger partial charge in [0.15, 0.2) is 0 Å². The number of halogens is 1. The fourth-order valence-corrected chi connectivity index (χ4v) is 1.47. The molecule has 0 spiro atoms. The first kappa shape index (κ1) is 11.6. The molecule has 17 heavy (non-hydrogen) atoms. The lowest BCUT2D eigenvalue weighted by atomic mass is 10.3. The smallest absolute Gasteiger partial charge is 0.119 e. The van der Waals surface area contributed by atoms with Gasteiger partial charge >= 0.3 is 0 Å². The number of hydrogen-bond acceptors (Lipinski definition) is 3. The number of nitrogens with zero attached hydrogens (tertiary/aromatic N) is 2. The highest BCUT2D eigenvalue weighted by atomic mass is 35.5. The van der Waals surface area contributed by atoms with Crippen LogP contribution in [0.15, 0.2) is 58.8 Å². The lowest BCUT2D eigenvalue weighted by Crippen LogP contribution is -1.79. The van der Waals surface area contributed by atoms with Crippen LogP contribution in [0.2, 0.25) is 5.02 Å². The van der Waals surface area contributed by atoms with E-state index in [1.54, 1.807) is 13.2 Å². The number of rotatable bonds is 3. The van der Waals surface area contributed by atoms with Crippen LogP contribution >= 0.6 is 11.6 Å². The summed E-state index contributed by atoms with van der Waals surface area (Å²) in [5, 5.41) is 8.77. The minimum atomic E-state index is 0.588. The predicted octanol–water partition coefficient (Wildman–Crippen LogP) is 4.76. The Balaban J connectivity index is 2.17. The van der Waals surface area contributed by atoms with E-state index in [9.17, 15) is 0 Å². The summed E-state index contributed by atoms with van der Waals surface area (Å²) in [7, 11) is 1.63. The van der Waals surface area contributed by atoms with Gasteiger partial charge in [-0.3, -0.25) is 0 Å². The van der Waals surface area contributed by atoms with Crippen LogP contribution < -0.4 is 4.74 Å². The molecule has 4 heteroatoms. The van der Waals surface area contributed by atoms with E-state index in [-0.39, 0.29) is 0 Å². The summed E-state index contributed by atoms with van der Waals surface area (Å²) in [6.45, 7) is 0. The van der Waals surface area contributed by atoms with Crippen molar-refractivity contribution in [1.29, 1.82) is 0 Å². The summed E-state index contributed by atoms with van der Waals surface area (Å²) in [4.78, 5) is 0. The molecule has 86 valence electrons. The summed E-state index contributed by atoms with van der Waals surface area (Å²) >= 11 is 5.96. The Morgan fingerprint density at radius 2 is 1.65 bits per heavy atom. The summed E-state index contributed by atoms with van der Waals surface area (Å²) < 4.78 is 5.06. The molecule has 0 unspecified atom stereocenters. The third-order valence-corrected chi connectivity index (χ3v) is 2.52. The van der Waals surface area contributed by atoms with Crippen molar-refractivity contribution in [3.8, 4) is 5.75 Å². The number of benzene rings is 2. The monoisotopic (exact) mass is 246 g/mol. The van der Waals surface area contributed by atoms with Crippen LogP contribution in [0.4, 0.5) is 11.4 Å². The number of methoxy groups -OCH3 is 1. The highest BCUT2D eigenvalue weighted by Gasteiger charge is 1.96. The van der Waals surface area contributed by atoms with E-state index < -0.39 is 0 Å². The fourth-order valence-electron chi connectivity index (χ4n) is 1.29. The summed E-state index contributed by atoms with van der Waals surface area (Å²) in [6, 6.07) is 14.7. The molecule has 0 aliphatic carbocycles. The van der Waals surface area contributed by atoms with Gasteiger partial charge in [-0.25, -0.2) is 0 Å². The second-order valence-electron chi connectivity index (χ2n) is 3.35. The minimum Gasteiger partial charge on any atom is -0.497 e. The molecule has 0 saturated carbocycles. The molecule has 0 bridgehead atoms. The van der Waals surface area contributed by atoms with Gasteiger partial charge < -0.3 is 4.74 Å². The van der Waals surface area contributed by atoms with Crippen molar-refractivity contribution in [1.82, 2.24) is 0 Å². The molecule has 0 aromatic heterocycles. The highest BCUT2D eigenvalue weighted by molar-refractivity contribution is 6.32. The van der Waals surface area contributed by atoms with Gasteiger partial charge in [0.25, 0.3) is 0 Å². The van der Waals surface area contributed by atoms with Crippen molar-refractivity contribution in [3.63, 3.8) is 0 Å². The zero-order chi connectivity index (χ0) is 12.1. The summed E-state index contributed by atoms with van der Waals surface area (Å²) in [6.07, 6.45) is 0. The van der Waals surface area contributed by atoms with Crippen molar-refractivity contribution < 1.29 is 4.74 Å². The Morgan fingerprint density at radius 1 is 0.941 bits per heavy atom. The first-order valence-electron chi connectivity index (χ1n) is 5.10. The average Bonchev–Trinajstić information content (AvgIpc) is 2.38. The molecule has 3 nitrogen and oxygen atoms in total. The Bertz CT molecular complexity index is 523. The molecule has 0 N–H and O–H groups in total. The first-order valence-corrected chi connectivity index (χ1v) is 5.48. The fraction of sp³-hybridized carbons (Fsp3) is 0.0769. The predicted molar refractivity (Wildman–Crippen MR) is 68.6 cm³/mol. The Hall–Kier alpha value is -1.87. The maximum atomic E-state index is 5.96. The minimum absolute atomic E-state index is 0.588. The molecular formula is C13H11ClN2O. The van der Waals surface area contributed by atoms with E-state index in [1.165, 1.54) is 0 Å².